The van der Waals surface area contributed by atoms with Gasteiger partial charge in [-0.1, -0.05) is 31.4 Å². The first kappa shape index (κ1) is 15.1. The fourth-order valence-corrected chi connectivity index (χ4v) is 2.80. The Morgan fingerprint density at radius 3 is 2.90 bits per heavy atom. The van der Waals surface area contributed by atoms with Gasteiger partial charge in [0, 0.05) is 17.5 Å². The Morgan fingerprint density at radius 2 is 2.25 bits per heavy atom. The summed E-state index contributed by atoms with van der Waals surface area (Å²) in [6.45, 7) is 2.44. The lowest BCUT2D eigenvalue weighted by molar-refractivity contribution is 0.00190. The number of nitrogens with one attached hydrogen (secondary N) is 1. The number of benzene rings is 1. The number of hydrogen-bond acceptors (Lipinski definition) is 3. The first-order valence-electron chi connectivity index (χ1n) is 6.87. The predicted octanol–water partition coefficient (Wildman–Crippen LogP) is 2.72. The molecule has 0 saturated heterocycles. The van der Waals surface area contributed by atoms with Gasteiger partial charge in [0.25, 0.3) is 5.91 Å². The van der Waals surface area contributed by atoms with Crippen molar-refractivity contribution in [1.82, 2.24) is 5.32 Å². The van der Waals surface area contributed by atoms with Gasteiger partial charge < -0.3 is 15.5 Å². The summed E-state index contributed by atoms with van der Waals surface area (Å²) in [5.74, 6) is -0.288. The molecule has 1 aromatic rings. The van der Waals surface area contributed by atoms with E-state index in [-0.39, 0.29) is 28.2 Å². The molecule has 0 aliphatic heterocycles. The Bertz CT molecular complexity index is 506. The van der Waals surface area contributed by atoms with Crippen molar-refractivity contribution in [3.05, 3.63) is 28.8 Å². The Kier molecular flexibility index (Phi) is 4.55. The summed E-state index contributed by atoms with van der Waals surface area (Å²) in [5, 5.41) is 22.4. The minimum atomic E-state index is -0.375. The highest BCUT2D eigenvalue weighted by molar-refractivity contribution is 6.32. The first-order valence-corrected chi connectivity index (χ1v) is 7.25. The zero-order valence-electron chi connectivity index (χ0n) is 11.5. The van der Waals surface area contributed by atoms with Gasteiger partial charge in [0.05, 0.1) is 11.1 Å². The van der Waals surface area contributed by atoms with Crippen molar-refractivity contribution in [1.29, 1.82) is 0 Å². The van der Waals surface area contributed by atoms with Crippen LogP contribution in [0.4, 0.5) is 0 Å². The highest BCUT2D eigenvalue weighted by atomic mass is 35.5. The van der Waals surface area contributed by atoms with Crippen LogP contribution < -0.4 is 5.32 Å². The molecule has 20 heavy (non-hydrogen) atoms. The van der Waals surface area contributed by atoms with Crippen LogP contribution in [0.5, 0.6) is 5.75 Å². The number of aromatic hydroxyl groups is 1. The van der Waals surface area contributed by atoms with Crippen LogP contribution in [-0.4, -0.2) is 28.8 Å². The highest BCUT2D eigenvalue weighted by Gasteiger charge is 2.35. The van der Waals surface area contributed by atoms with E-state index in [2.05, 4.69) is 5.32 Å². The number of aliphatic hydroxyl groups excluding tert-OH is 1. The van der Waals surface area contributed by atoms with E-state index in [0.29, 0.717) is 12.1 Å². The number of amides is 1. The van der Waals surface area contributed by atoms with E-state index in [1.165, 1.54) is 18.2 Å². The Hall–Kier alpha value is -1.26. The van der Waals surface area contributed by atoms with Crippen LogP contribution in [0.2, 0.25) is 5.02 Å². The minimum absolute atomic E-state index is 0.0436. The van der Waals surface area contributed by atoms with Crippen LogP contribution in [0.1, 0.15) is 43.0 Å². The average molecular weight is 298 g/mol. The molecule has 2 rings (SSSR count). The predicted molar refractivity (Wildman–Crippen MR) is 78.0 cm³/mol. The van der Waals surface area contributed by atoms with E-state index >= 15 is 0 Å². The monoisotopic (exact) mass is 297 g/mol. The molecule has 0 heterocycles. The molecule has 1 aromatic carbocycles. The highest BCUT2D eigenvalue weighted by Crippen LogP contribution is 2.35. The Labute approximate surface area is 123 Å². The zero-order chi connectivity index (χ0) is 14.8. The Morgan fingerprint density at radius 1 is 1.50 bits per heavy atom. The molecule has 0 bridgehead atoms. The molecule has 0 aromatic heterocycles. The summed E-state index contributed by atoms with van der Waals surface area (Å²) >= 11 is 5.79. The van der Waals surface area contributed by atoms with Crippen LogP contribution in [-0.2, 0) is 0 Å². The van der Waals surface area contributed by atoms with Gasteiger partial charge >= 0.3 is 0 Å². The van der Waals surface area contributed by atoms with Gasteiger partial charge in [0.2, 0.25) is 0 Å². The fraction of sp³-hybridized carbons (Fsp3) is 0.533. The van der Waals surface area contributed by atoms with Gasteiger partial charge in [-0.15, -0.1) is 0 Å². The van der Waals surface area contributed by atoms with Crippen molar-refractivity contribution in [2.24, 2.45) is 5.41 Å². The van der Waals surface area contributed by atoms with Gasteiger partial charge in [-0.05, 0) is 31.0 Å². The number of carbonyl (C=O) groups excluding carboxylic acids is 1. The summed E-state index contributed by atoms with van der Waals surface area (Å²) in [7, 11) is 0. The van der Waals surface area contributed by atoms with Gasteiger partial charge in [0.15, 0.2) is 0 Å². The van der Waals surface area contributed by atoms with Crippen molar-refractivity contribution < 1.29 is 15.0 Å². The molecule has 110 valence electrons. The molecule has 4 nitrogen and oxygen atoms in total. The SMILES string of the molecule is CC1(CNC(=O)c2ccc(O)c(Cl)c2)CCCCC1O. The number of phenols is 1. The normalized spacial score (nSPS) is 26.2. The van der Waals surface area contributed by atoms with Crippen molar-refractivity contribution >= 4 is 17.5 Å². The lowest BCUT2D eigenvalue weighted by Crippen LogP contribution is -2.45. The van der Waals surface area contributed by atoms with E-state index in [9.17, 15) is 15.0 Å². The lowest BCUT2D eigenvalue weighted by atomic mass is 9.73. The summed E-state index contributed by atoms with van der Waals surface area (Å²) in [4.78, 5) is 12.1. The summed E-state index contributed by atoms with van der Waals surface area (Å²) in [6.07, 6.45) is 3.44. The standard InChI is InChI=1S/C15H20ClNO3/c1-15(7-3-2-4-13(15)19)9-17-14(20)10-5-6-12(18)11(16)8-10/h5-6,8,13,18-19H,2-4,7,9H2,1H3,(H,17,20). The second-order valence-corrected chi connectivity index (χ2v) is 6.17. The van der Waals surface area contributed by atoms with Crippen LogP contribution in [0, 0.1) is 5.41 Å². The maximum Gasteiger partial charge on any atom is 0.251 e. The number of phenolic OH excluding ortho intramolecular Hbond substituents is 1. The summed E-state index contributed by atoms with van der Waals surface area (Å²) < 4.78 is 0. The maximum absolute atomic E-state index is 12.1. The molecule has 1 aliphatic rings. The van der Waals surface area contributed by atoms with Gasteiger partial charge in [-0.2, -0.15) is 0 Å². The first-order chi connectivity index (χ1) is 9.42. The number of carbonyl (C=O) groups is 1. The molecule has 1 aliphatic carbocycles. The van der Waals surface area contributed by atoms with Crippen molar-refractivity contribution in [3.63, 3.8) is 0 Å². The molecular weight excluding hydrogens is 278 g/mol. The third kappa shape index (κ3) is 3.25. The van der Waals surface area contributed by atoms with E-state index in [1.807, 2.05) is 6.92 Å². The van der Waals surface area contributed by atoms with Crippen molar-refractivity contribution in [3.8, 4) is 5.75 Å². The van der Waals surface area contributed by atoms with Crippen molar-refractivity contribution in [2.45, 2.75) is 38.7 Å². The third-order valence-corrected chi connectivity index (χ3v) is 4.45. The summed E-state index contributed by atoms with van der Waals surface area (Å²) in [5.41, 5.74) is 0.135. The largest absolute Gasteiger partial charge is 0.506 e. The molecule has 1 fully saturated rings. The molecule has 2 unspecified atom stereocenters. The fourth-order valence-electron chi connectivity index (χ4n) is 2.62. The van der Waals surface area contributed by atoms with Gasteiger partial charge in [-0.3, -0.25) is 4.79 Å². The maximum atomic E-state index is 12.1. The van der Waals surface area contributed by atoms with Crippen LogP contribution in [0.3, 0.4) is 0 Å². The van der Waals surface area contributed by atoms with E-state index in [0.717, 1.165) is 25.7 Å². The van der Waals surface area contributed by atoms with Gasteiger partial charge in [0.1, 0.15) is 5.75 Å². The zero-order valence-corrected chi connectivity index (χ0v) is 12.3. The molecule has 5 heteroatoms. The van der Waals surface area contributed by atoms with E-state index in [4.69, 9.17) is 11.6 Å². The quantitative estimate of drug-likeness (QED) is 0.803. The molecule has 3 N–H and O–H groups in total. The second kappa shape index (κ2) is 6.02. The lowest BCUT2D eigenvalue weighted by Gasteiger charge is -2.38. The number of halogens is 1. The molecule has 1 amide bonds. The smallest absolute Gasteiger partial charge is 0.251 e. The van der Waals surface area contributed by atoms with E-state index in [1.54, 1.807) is 0 Å². The van der Waals surface area contributed by atoms with Crippen LogP contribution in [0.25, 0.3) is 0 Å². The average Bonchev–Trinajstić information content (AvgIpc) is 2.43. The number of hydrogen-bond donors (Lipinski definition) is 3. The molecular formula is C15H20ClNO3. The molecule has 0 radical (unpaired) electrons. The second-order valence-electron chi connectivity index (χ2n) is 5.76. The molecule has 1 saturated carbocycles. The summed E-state index contributed by atoms with van der Waals surface area (Å²) in [6, 6.07) is 4.36. The van der Waals surface area contributed by atoms with Crippen molar-refractivity contribution in [2.75, 3.05) is 6.54 Å². The van der Waals surface area contributed by atoms with Gasteiger partial charge in [-0.25, -0.2) is 0 Å². The number of aliphatic hydroxyl groups is 1. The Balaban J connectivity index is 1.99. The number of rotatable bonds is 3. The van der Waals surface area contributed by atoms with Crippen LogP contribution >= 0.6 is 11.6 Å². The minimum Gasteiger partial charge on any atom is -0.506 e. The third-order valence-electron chi connectivity index (χ3n) is 4.14. The molecule has 2 atom stereocenters. The molecule has 0 spiro atoms. The van der Waals surface area contributed by atoms with Crippen LogP contribution in [0.15, 0.2) is 18.2 Å². The topological polar surface area (TPSA) is 69.6 Å². The van der Waals surface area contributed by atoms with E-state index < -0.39 is 0 Å².